The molecule has 0 saturated heterocycles. The molecule has 0 bridgehead atoms. The zero-order valence-corrected chi connectivity index (χ0v) is 23.5. The van der Waals surface area contributed by atoms with Crippen LogP contribution in [0, 0.1) is 17.7 Å². The second-order valence-electron chi connectivity index (χ2n) is 11.7. The molecule has 0 aliphatic heterocycles. The molecular weight excluding hydrogens is 539 g/mol. The molecular formula is C28H34ClFN6O4. The van der Waals surface area contributed by atoms with Gasteiger partial charge in [-0.3, -0.25) is 4.79 Å². The molecule has 2 aliphatic carbocycles. The van der Waals surface area contributed by atoms with Crippen LogP contribution in [-0.4, -0.2) is 60.0 Å². The van der Waals surface area contributed by atoms with E-state index in [4.69, 9.17) is 16.3 Å². The Morgan fingerprint density at radius 2 is 1.95 bits per heavy atom. The van der Waals surface area contributed by atoms with Crippen molar-refractivity contribution < 1.29 is 24.1 Å². The molecule has 2 aliphatic rings. The standard InChI is InChI=1S/C28H34ClFN6O4/c1-27(2,38)13-40-23-9-22(32-14-33-23)31-12-28(39)10-17-6-16(7-18(17)11-28)24-25(36(3)15-34-24)26(37)35-19-4-5-21(30)20(29)8-19/h4-5,8-9,14-18,38-39H,6-7,10-13H2,1-3H3,(H,35,37)(H,31,32,33). The van der Waals surface area contributed by atoms with Gasteiger partial charge in [0, 0.05) is 31.3 Å². The number of hydrogen-bond donors (Lipinski definition) is 4. The van der Waals surface area contributed by atoms with Gasteiger partial charge in [0.05, 0.1) is 28.2 Å². The zero-order valence-electron chi connectivity index (χ0n) is 22.7. The van der Waals surface area contributed by atoms with Gasteiger partial charge in [0.25, 0.3) is 5.91 Å². The number of fused-ring (bicyclic) bond motifs is 1. The van der Waals surface area contributed by atoms with Crippen LogP contribution >= 0.6 is 11.6 Å². The fourth-order valence-electron chi connectivity index (χ4n) is 5.95. The number of aryl methyl sites for hydroxylation is 1. The number of aromatic nitrogens is 4. The van der Waals surface area contributed by atoms with Gasteiger partial charge in [-0.05, 0) is 69.6 Å². The third kappa shape index (κ3) is 6.37. The highest BCUT2D eigenvalue weighted by molar-refractivity contribution is 6.31. The maximum absolute atomic E-state index is 13.5. The average molecular weight is 573 g/mol. The molecule has 2 fully saturated rings. The number of hydrogen-bond acceptors (Lipinski definition) is 8. The van der Waals surface area contributed by atoms with Gasteiger partial charge in [-0.1, -0.05) is 11.6 Å². The number of halogens is 2. The maximum atomic E-state index is 13.5. The van der Waals surface area contributed by atoms with Crippen molar-refractivity contribution in [2.24, 2.45) is 18.9 Å². The highest BCUT2D eigenvalue weighted by atomic mass is 35.5. The Hall–Kier alpha value is -3.28. The number of rotatable bonds is 9. The Kier molecular flexibility index (Phi) is 7.73. The van der Waals surface area contributed by atoms with Crippen LogP contribution in [-0.2, 0) is 7.05 Å². The van der Waals surface area contributed by atoms with Gasteiger partial charge < -0.3 is 30.2 Å². The van der Waals surface area contributed by atoms with Crippen molar-refractivity contribution in [2.45, 2.75) is 56.7 Å². The number of nitrogens with one attached hydrogen (secondary N) is 2. The monoisotopic (exact) mass is 572 g/mol. The molecule has 1 amide bonds. The highest BCUT2D eigenvalue weighted by Gasteiger charge is 2.49. The molecule has 40 heavy (non-hydrogen) atoms. The lowest BCUT2D eigenvalue weighted by Crippen LogP contribution is -2.35. The second kappa shape index (κ2) is 10.9. The molecule has 1 aromatic carbocycles. The van der Waals surface area contributed by atoms with E-state index in [-0.39, 0.29) is 23.5 Å². The van der Waals surface area contributed by atoms with Crippen LogP contribution in [0.2, 0.25) is 5.02 Å². The molecule has 2 saturated carbocycles. The molecule has 2 aromatic heterocycles. The molecule has 2 atom stereocenters. The first-order valence-corrected chi connectivity index (χ1v) is 13.7. The molecule has 4 N–H and O–H groups in total. The van der Waals surface area contributed by atoms with Crippen molar-refractivity contribution in [2.75, 3.05) is 23.8 Å². The van der Waals surface area contributed by atoms with E-state index in [1.54, 1.807) is 37.9 Å². The van der Waals surface area contributed by atoms with Crippen molar-refractivity contribution in [3.8, 4) is 5.88 Å². The quantitative estimate of drug-likeness (QED) is 0.300. The van der Waals surface area contributed by atoms with E-state index in [0.29, 0.717) is 54.3 Å². The third-order valence-electron chi connectivity index (χ3n) is 7.68. The molecule has 2 unspecified atom stereocenters. The Balaban J connectivity index is 1.19. The normalized spacial score (nSPS) is 24.1. The number of aliphatic hydroxyl groups is 2. The summed E-state index contributed by atoms with van der Waals surface area (Å²) in [6.45, 7) is 3.73. The molecule has 10 nitrogen and oxygen atoms in total. The summed E-state index contributed by atoms with van der Waals surface area (Å²) in [5.74, 6) is 0.718. The average Bonchev–Trinajstić information content (AvgIpc) is 3.54. The smallest absolute Gasteiger partial charge is 0.274 e. The summed E-state index contributed by atoms with van der Waals surface area (Å²) in [4.78, 5) is 26.0. The van der Waals surface area contributed by atoms with Crippen molar-refractivity contribution in [3.63, 3.8) is 0 Å². The lowest BCUT2D eigenvalue weighted by molar-refractivity contribution is 0.0268. The summed E-state index contributed by atoms with van der Waals surface area (Å²) in [5.41, 5.74) is -0.253. The van der Waals surface area contributed by atoms with Crippen molar-refractivity contribution in [1.29, 1.82) is 0 Å². The van der Waals surface area contributed by atoms with E-state index in [9.17, 15) is 19.4 Å². The minimum atomic E-state index is -0.982. The summed E-state index contributed by atoms with van der Waals surface area (Å²) < 4.78 is 20.8. The van der Waals surface area contributed by atoms with Crippen molar-refractivity contribution in [1.82, 2.24) is 19.5 Å². The van der Waals surface area contributed by atoms with E-state index in [1.807, 2.05) is 0 Å². The number of carbonyl (C=O) groups is 1. The first-order chi connectivity index (χ1) is 18.9. The van der Waals surface area contributed by atoms with Crippen LogP contribution in [0.3, 0.4) is 0 Å². The second-order valence-corrected chi connectivity index (χ2v) is 12.1. The number of amides is 1. The van der Waals surface area contributed by atoms with Crippen molar-refractivity contribution in [3.05, 3.63) is 59.1 Å². The Morgan fingerprint density at radius 1 is 1.23 bits per heavy atom. The summed E-state index contributed by atoms with van der Waals surface area (Å²) in [7, 11) is 1.78. The van der Waals surface area contributed by atoms with Crippen LogP contribution in [0.5, 0.6) is 5.88 Å². The predicted octanol–water partition coefficient (Wildman–Crippen LogP) is 4.15. The predicted molar refractivity (Wildman–Crippen MR) is 148 cm³/mol. The van der Waals surface area contributed by atoms with Crippen LogP contribution in [0.15, 0.2) is 36.9 Å². The first-order valence-electron chi connectivity index (χ1n) is 13.3. The molecule has 12 heteroatoms. The number of imidazole rings is 1. The maximum Gasteiger partial charge on any atom is 0.274 e. The summed E-state index contributed by atoms with van der Waals surface area (Å²) in [5, 5.41) is 27.2. The Labute approximate surface area is 237 Å². The van der Waals surface area contributed by atoms with Gasteiger partial charge in [0.15, 0.2) is 0 Å². The molecule has 3 aromatic rings. The lowest BCUT2D eigenvalue weighted by Gasteiger charge is -2.25. The SMILES string of the molecule is Cn1cnc(C2CC3CC(O)(CNc4cc(OCC(C)(C)O)ncn4)CC3C2)c1C(=O)Nc1ccc(F)c(Cl)c1. The van der Waals surface area contributed by atoms with Gasteiger partial charge in [-0.25, -0.2) is 19.3 Å². The largest absolute Gasteiger partial charge is 0.474 e. The van der Waals surface area contributed by atoms with E-state index in [0.717, 1.165) is 18.5 Å². The van der Waals surface area contributed by atoms with Gasteiger partial charge in [-0.15, -0.1) is 0 Å². The fourth-order valence-corrected chi connectivity index (χ4v) is 6.13. The van der Waals surface area contributed by atoms with Crippen LogP contribution in [0.1, 0.15) is 61.6 Å². The number of anilines is 2. The molecule has 0 spiro atoms. The van der Waals surface area contributed by atoms with Crippen LogP contribution < -0.4 is 15.4 Å². The first kappa shape index (κ1) is 28.3. The van der Waals surface area contributed by atoms with Gasteiger partial charge >= 0.3 is 0 Å². The van der Waals surface area contributed by atoms with E-state index in [1.165, 1.54) is 24.5 Å². The Morgan fingerprint density at radius 3 is 2.62 bits per heavy atom. The van der Waals surface area contributed by atoms with Gasteiger partial charge in [0.2, 0.25) is 5.88 Å². The highest BCUT2D eigenvalue weighted by Crippen LogP contribution is 2.54. The van der Waals surface area contributed by atoms with Crippen LogP contribution in [0.25, 0.3) is 0 Å². The Bertz CT molecular complexity index is 1380. The third-order valence-corrected chi connectivity index (χ3v) is 7.97. The van der Waals surface area contributed by atoms with E-state index < -0.39 is 17.0 Å². The van der Waals surface area contributed by atoms with E-state index in [2.05, 4.69) is 25.6 Å². The number of ether oxygens (including phenoxy) is 1. The topological polar surface area (TPSA) is 134 Å². The summed E-state index contributed by atoms with van der Waals surface area (Å²) >= 11 is 5.87. The molecule has 214 valence electrons. The summed E-state index contributed by atoms with van der Waals surface area (Å²) in [6, 6.07) is 5.71. The zero-order chi connectivity index (χ0) is 28.7. The van der Waals surface area contributed by atoms with E-state index >= 15 is 0 Å². The minimum absolute atomic E-state index is 0.0622. The van der Waals surface area contributed by atoms with Crippen LogP contribution in [0.4, 0.5) is 15.9 Å². The number of benzene rings is 1. The molecule has 2 heterocycles. The van der Waals surface area contributed by atoms with Crippen molar-refractivity contribution >= 4 is 29.0 Å². The molecule has 0 radical (unpaired) electrons. The molecule has 5 rings (SSSR count). The minimum Gasteiger partial charge on any atom is -0.474 e. The summed E-state index contributed by atoms with van der Waals surface area (Å²) in [6.07, 6.45) is 5.94. The fraction of sp³-hybridized carbons (Fsp3) is 0.500. The van der Waals surface area contributed by atoms with Gasteiger partial charge in [0.1, 0.15) is 30.3 Å². The van der Waals surface area contributed by atoms with Gasteiger partial charge in [-0.2, -0.15) is 0 Å². The lowest BCUT2D eigenvalue weighted by atomic mass is 9.92. The number of nitrogens with zero attached hydrogens (tertiary/aromatic N) is 4. The number of carbonyl (C=O) groups excluding carboxylic acids is 1.